The van der Waals surface area contributed by atoms with Crippen LogP contribution in [-0.4, -0.2) is 64.5 Å². The van der Waals surface area contributed by atoms with Crippen molar-refractivity contribution in [2.24, 2.45) is 0 Å². The first-order valence-electron chi connectivity index (χ1n) is 8.90. The first-order chi connectivity index (χ1) is 12.9. The van der Waals surface area contributed by atoms with Crippen LogP contribution in [0.4, 0.5) is 0 Å². The Morgan fingerprint density at radius 1 is 0.630 bits per heavy atom. The van der Waals surface area contributed by atoms with E-state index >= 15 is 0 Å². The highest BCUT2D eigenvalue weighted by Gasteiger charge is 2.17. The molecule has 0 spiro atoms. The predicted octanol–water partition coefficient (Wildman–Crippen LogP) is 1.55. The summed E-state index contributed by atoms with van der Waals surface area (Å²) >= 11 is 0. The molecule has 0 heterocycles. The third kappa shape index (κ3) is 14.7. The number of esters is 4. The van der Waals surface area contributed by atoms with Crippen molar-refractivity contribution in [3.8, 4) is 0 Å². The molecule has 0 fully saturated rings. The summed E-state index contributed by atoms with van der Waals surface area (Å²) < 4.78 is 24.3. The lowest BCUT2D eigenvalue weighted by Gasteiger charge is -2.17. The van der Waals surface area contributed by atoms with E-state index in [2.05, 4.69) is 9.47 Å². The Bertz CT molecular complexity index is 462. The molecule has 1 atom stereocenters. The van der Waals surface area contributed by atoms with Crippen LogP contribution >= 0.6 is 0 Å². The van der Waals surface area contributed by atoms with E-state index in [0.717, 1.165) is 0 Å². The fraction of sp³-hybridized carbons (Fsp3) is 0.778. The Labute approximate surface area is 159 Å². The largest absolute Gasteiger partial charge is 0.469 e. The van der Waals surface area contributed by atoms with Crippen molar-refractivity contribution in [1.82, 2.24) is 0 Å². The lowest BCUT2D eigenvalue weighted by molar-refractivity contribution is -0.162. The zero-order valence-electron chi connectivity index (χ0n) is 16.3. The van der Waals surface area contributed by atoms with E-state index in [0.29, 0.717) is 25.7 Å². The molecule has 0 N–H and O–H groups in total. The fourth-order valence-corrected chi connectivity index (χ4v) is 2.09. The van der Waals surface area contributed by atoms with Crippen molar-refractivity contribution < 1.29 is 42.9 Å². The van der Waals surface area contributed by atoms with Crippen LogP contribution in [0, 0.1) is 0 Å². The van der Waals surface area contributed by atoms with Crippen molar-refractivity contribution >= 4 is 23.9 Å². The molecule has 0 aliphatic rings. The molecule has 0 aromatic rings. The van der Waals surface area contributed by atoms with Gasteiger partial charge in [0.1, 0.15) is 6.61 Å². The van der Waals surface area contributed by atoms with Gasteiger partial charge in [-0.05, 0) is 25.7 Å². The topological polar surface area (TPSA) is 114 Å². The molecule has 0 amide bonds. The summed E-state index contributed by atoms with van der Waals surface area (Å²) in [6, 6.07) is 0. The lowest BCUT2D eigenvalue weighted by atomic mass is 10.2. The quantitative estimate of drug-likeness (QED) is 0.233. The van der Waals surface area contributed by atoms with Crippen LogP contribution in [-0.2, 0) is 42.9 Å². The maximum Gasteiger partial charge on any atom is 0.306 e. The Morgan fingerprint density at radius 2 is 1.07 bits per heavy atom. The van der Waals surface area contributed by atoms with Gasteiger partial charge in [0.2, 0.25) is 0 Å². The number of ether oxygens (including phenoxy) is 5. The third-order valence-electron chi connectivity index (χ3n) is 3.56. The first kappa shape index (κ1) is 24.8. The van der Waals surface area contributed by atoms with E-state index in [1.165, 1.54) is 21.3 Å². The molecule has 0 radical (unpaired) electrons. The average Bonchev–Trinajstić information content (AvgIpc) is 2.66. The molecule has 0 saturated heterocycles. The zero-order chi connectivity index (χ0) is 20.5. The van der Waals surface area contributed by atoms with Gasteiger partial charge in [-0.2, -0.15) is 0 Å². The minimum Gasteiger partial charge on any atom is -0.469 e. The van der Waals surface area contributed by atoms with Crippen LogP contribution in [0.3, 0.4) is 0 Å². The summed E-state index contributed by atoms with van der Waals surface area (Å²) in [4.78, 5) is 45.5. The number of methoxy groups -OCH3 is 3. The highest BCUT2D eigenvalue weighted by molar-refractivity contribution is 5.71. The third-order valence-corrected chi connectivity index (χ3v) is 3.56. The van der Waals surface area contributed by atoms with Crippen molar-refractivity contribution in [3.05, 3.63) is 0 Å². The van der Waals surface area contributed by atoms with E-state index < -0.39 is 18.0 Å². The normalized spacial score (nSPS) is 11.4. The maximum atomic E-state index is 11.8. The number of hydrogen-bond acceptors (Lipinski definition) is 9. The van der Waals surface area contributed by atoms with Gasteiger partial charge in [0.25, 0.3) is 0 Å². The minimum atomic E-state index is -0.692. The molecule has 0 rings (SSSR count). The van der Waals surface area contributed by atoms with E-state index in [1.54, 1.807) is 0 Å². The van der Waals surface area contributed by atoms with Crippen LogP contribution in [0.25, 0.3) is 0 Å². The van der Waals surface area contributed by atoms with Crippen molar-refractivity contribution in [3.63, 3.8) is 0 Å². The van der Waals surface area contributed by atoms with Crippen LogP contribution < -0.4 is 0 Å². The van der Waals surface area contributed by atoms with Crippen LogP contribution in [0.2, 0.25) is 0 Å². The number of carbonyl (C=O) groups excluding carboxylic acids is 4. The number of carbonyl (C=O) groups is 4. The summed E-state index contributed by atoms with van der Waals surface area (Å²) in [7, 11) is 4.07. The maximum absolute atomic E-state index is 11.8. The van der Waals surface area contributed by atoms with Gasteiger partial charge in [-0.25, -0.2) is 0 Å². The molecule has 0 aliphatic carbocycles. The van der Waals surface area contributed by atoms with E-state index in [4.69, 9.17) is 14.2 Å². The predicted molar refractivity (Wildman–Crippen MR) is 93.7 cm³/mol. The second kappa shape index (κ2) is 16.0. The molecular weight excluding hydrogens is 360 g/mol. The number of unbranched alkanes of at least 4 members (excludes halogenated alkanes) is 2. The van der Waals surface area contributed by atoms with Gasteiger partial charge in [-0.1, -0.05) is 0 Å². The molecular formula is C18H30O9. The summed E-state index contributed by atoms with van der Waals surface area (Å²) in [5.41, 5.74) is 0. The highest BCUT2D eigenvalue weighted by Crippen LogP contribution is 2.07. The molecule has 0 aliphatic heterocycles. The van der Waals surface area contributed by atoms with Crippen molar-refractivity contribution in [1.29, 1.82) is 0 Å². The Balaban J connectivity index is 3.99. The summed E-state index contributed by atoms with van der Waals surface area (Å²) in [5.74, 6) is -1.52. The number of hydrogen-bond donors (Lipinski definition) is 0. The van der Waals surface area contributed by atoms with E-state index in [-0.39, 0.29) is 50.8 Å². The molecule has 0 bridgehead atoms. The second-order valence-corrected chi connectivity index (χ2v) is 5.82. The molecule has 9 heteroatoms. The van der Waals surface area contributed by atoms with Crippen molar-refractivity contribution in [2.45, 2.75) is 57.5 Å². The van der Waals surface area contributed by atoms with Gasteiger partial charge in [0.05, 0.1) is 20.8 Å². The van der Waals surface area contributed by atoms with Crippen LogP contribution in [0.15, 0.2) is 0 Å². The van der Waals surface area contributed by atoms with Gasteiger partial charge in [0, 0.05) is 32.8 Å². The molecule has 0 saturated carbocycles. The lowest BCUT2D eigenvalue weighted by Crippen LogP contribution is -2.29. The standard InChI is InChI=1S/C18H30O9/c1-23-12-14(27-18(22)11-7-5-9-16(20)25-3)13-26-17(21)10-6-4-8-15(19)24-2/h14H,4-13H2,1-3H3. The molecule has 27 heavy (non-hydrogen) atoms. The number of rotatable bonds is 15. The van der Waals surface area contributed by atoms with Crippen LogP contribution in [0.1, 0.15) is 51.4 Å². The molecule has 1 unspecified atom stereocenters. The average molecular weight is 390 g/mol. The summed E-state index contributed by atoms with van der Waals surface area (Å²) in [5, 5.41) is 0. The second-order valence-electron chi connectivity index (χ2n) is 5.82. The van der Waals surface area contributed by atoms with E-state index in [1.807, 2.05) is 0 Å². The van der Waals surface area contributed by atoms with Gasteiger partial charge in [-0.3, -0.25) is 19.2 Å². The minimum absolute atomic E-state index is 0.0996. The SMILES string of the molecule is COCC(COC(=O)CCCCC(=O)OC)OC(=O)CCCCC(=O)OC. The Morgan fingerprint density at radius 3 is 1.52 bits per heavy atom. The Hall–Kier alpha value is -2.16. The molecule has 0 aromatic carbocycles. The van der Waals surface area contributed by atoms with E-state index in [9.17, 15) is 19.2 Å². The molecule has 156 valence electrons. The van der Waals surface area contributed by atoms with Gasteiger partial charge in [-0.15, -0.1) is 0 Å². The summed E-state index contributed by atoms with van der Waals surface area (Å²) in [6.45, 7) is 0.00109. The van der Waals surface area contributed by atoms with Gasteiger partial charge >= 0.3 is 23.9 Å². The summed E-state index contributed by atoms with van der Waals surface area (Å²) in [6.07, 6.45) is 2.18. The van der Waals surface area contributed by atoms with Gasteiger partial charge in [0.15, 0.2) is 6.10 Å². The van der Waals surface area contributed by atoms with Gasteiger partial charge < -0.3 is 23.7 Å². The zero-order valence-corrected chi connectivity index (χ0v) is 16.3. The molecule has 9 nitrogen and oxygen atoms in total. The monoisotopic (exact) mass is 390 g/mol. The Kier molecular flexibility index (Phi) is 14.8. The van der Waals surface area contributed by atoms with Crippen LogP contribution in [0.5, 0.6) is 0 Å². The molecule has 0 aromatic heterocycles. The fourth-order valence-electron chi connectivity index (χ4n) is 2.09. The highest BCUT2D eigenvalue weighted by atomic mass is 16.6. The van der Waals surface area contributed by atoms with Crippen molar-refractivity contribution in [2.75, 3.05) is 34.5 Å². The smallest absolute Gasteiger partial charge is 0.306 e. The first-order valence-corrected chi connectivity index (χ1v) is 8.90.